The van der Waals surface area contributed by atoms with Gasteiger partial charge in [-0.3, -0.25) is 0 Å². The summed E-state index contributed by atoms with van der Waals surface area (Å²) in [7, 11) is 13.2. The van der Waals surface area contributed by atoms with Crippen molar-refractivity contribution in [2.45, 2.75) is 4.30 Å². The molecule has 15 heteroatoms. The Kier molecular flexibility index (Phi) is 14.3. The summed E-state index contributed by atoms with van der Waals surface area (Å²) in [4.78, 5) is 0. The molecule has 0 aromatic carbocycles. The Morgan fingerprint density at radius 2 is 0.621 bits per heavy atom. The van der Waals surface area contributed by atoms with Gasteiger partial charge in [0.1, 0.15) is 0 Å². The fourth-order valence-electron chi connectivity index (χ4n) is 3.52. The van der Waals surface area contributed by atoms with E-state index in [0.717, 1.165) is 0 Å². The standard InChI is InChI=1S/C5H13P2.3C3H10O3P.Fe/c1-6(2)5-7(3)4;3*1-4-7(5-2)6-3;/h5H,1-4H3;3*7H,1-3H3;/q;3*+1;-3. The molecule has 0 bridgehead atoms. The van der Waals surface area contributed by atoms with Gasteiger partial charge in [-0.05, 0) is 0 Å². The van der Waals surface area contributed by atoms with Gasteiger partial charge < -0.3 is 0 Å². The van der Waals surface area contributed by atoms with E-state index in [1.165, 1.54) is 0 Å². The average molecular weight is 566 g/mol. The van der Waals surface area contributed by atoms with Crippen LogP contribution in [0.3, 0.4) is 0 Å². The first-order valence-corrected chi connectivity index (χ1v) is 23.5. The molecule has 0 N–H and O–H groups in total. The zero-order valence-electron chi connectivity index (χ0n) is 20.0. The van der Waals surface area contributed by atoms with E-state index in [4.69, 9.17) is 40.7 Å². The molecule has 9 nitrogen and oxygen atoms in total. The summed E-state index contributed by atoms with van der Waals surface area (Å²) in [6.07, 6.45) is 0. The third-order valence-corrected chi connectivity index (χ3v) is 60.1. The molecular formula is C14H43FeO9P5. The molecule has 0 heterocycles. The van der Waals surface area contributed by atoms with Gasteiger partial charge >= 0.3 is 183 Å². The molecule has 0 saturated carbocycles. The first-order chi connectivity index (χ1) is 13.6. The zero-order valence-corrected chi connectivity index (χ0v) is 25.9. The van der Waals surface area contributed by atoms with Gasteiger partial charge in [0, 0.05) is 0 Å². The summed E-state index contributed by atoms with van der Waals surface area (Å²) in [5.74, 6) is 0. The molecule has 0 aromatic heterocycles. The monoisotopic (exact) mass is 566 g/mol. The van der Waals surface area contributed by atoms with E-state index in [1.54, 1.807) is 64.0 Å². The van der Waals surface area contributed by atoms with Gasteiger partial charge in [0.2, 0.25) is 0 Å². The summed E-state index contributed by atoms with van der Waals surface area (Å²) < 4.78 is 55.6. The Balaban J connectivity index is 8.03. The van der Waals surface area contributed by atoms with Crippen LogP contribution in [0.15, 0.2) is 0 Å². The summed E-state index contributed by atoms with van der Waals surface area (Å²) in [5.41, 5.74) is 0. The number of hydrogen-bond acceptors (Lipinski definition) is 9. The fraction of sp³-hybridized carbons (Fsp3) is 1.00. The third kappa shape index (κ3) is 4.91. The van der Waals surface area contributed by atoms with Gasteiger partial charge in [-0.25, -0.2) is 0 Å². The molecule has 0 fully saturated rings. The van der Waals surface area contributed by atoms with E-state index < -0.39 is 47.3 Å². The second-order valence-corrected chi connectivity index (χ2v) is 38.5. The first-order valence-electron chi connectivity index (χ1n) is 8.55. The summed E-state index contributed by atoms with van der Waals surface area (Å²) >= 11 is -3.19. The van der Waals surface area contributed by atoms with E-state index in [0.29, 0.717) is 0 Å². The Morgan fingerprint density at radius 1 is 0.448 bits per heavy atom. The van der Waals surface area contributed by atoms with Crippen LogP contribution in [-0.4, -0.2) is 94.9 Å². The maximum absolute atomic E-state index is 6.17. The van der Waals surface area contributed by atoms with Gasteiger partial charge in [0.15, 0.2) is 0 Å². The van der Waals surface area contributed by atoms with Gasteiger partial charge in [-0.15, -0.1) is 0 Å². The van der Waals surface area contributed by atoms with Crippen LogP contribution in [0.4, 0.5) is 0 Å². The predicted octanol–water partition coefficient (Wildman–Crippen LogP) is 4.95. The van der Waals surface area contributed by atoms with Crippen LogP contribution in [0.2, 0.25) is 0 Å². The maximum atomic E-state index is 6.17. The summed E-state index contributed by atoms with van der Waals surface area (Å²) in [5, 5.41) is 0. The quantitative estimate of drug-likeness (QED) is 0.202. The Hall–Kier alpha value is 2.31. The van der Waals surface area contributed by atoms with Crippen molar-refractivity contribution < 1.29 is 52.2 Å². The van der Waals surface area contributed by atoms with Crippen molar-refractivity contribution in [1.82, 2.24) is 0 Å². The molecule has 0 unspecified atom stereocenters. The third-order valence-electron chi connectivity index (χ3n) is 4.27. The Morgan fingerprint density at radius 3 is 0.724 bits per heavy atom. The summed E-state index contributed by atoms with van der Waals surface area (Å²) in [6.45, 7) is -1.76. The molecule has 0 aromatic rings. The van der Waals surface area contributed by atoms with Crippen molar-refractivity contribution in [3.63, 3.8) is 0 Å². The SMILES string of the molecule is CO[PH](OC)(OC)[Fe]([CH](P(C)C)P(C)C)([PH](OC)(OC)OC)[PH](OC)(OC)OC. The Bertz CT molecular complexity index is 393. The van der Waals surface area contributed by atoms with E-state index in [-0.39, 0.29) is 4.30 Å². The molecule has 0 atom stereocenters. The number of hydrogen-bond donors (Lipinski definition) is 0. The fourth-order valence-corrected chi connectivity index (χ4v) is 82.7. The predicted molar refractivity (Wildman–Crippen MR) is 129 cm³/mol. The van der Waals surface area contributed by atoms with Crippen molar-refractivity contribution in [3.05, 3.63) is 0 Å². The van der Waals surface area contributed by atoms with Crippen molar-refractivity contribution in [2.75, 3.05) is 90.6 Å². The van der Waals surface area contributed by atoms with Crippen molar-refractivity contribution in [1.29, 1.82) is 0 Å². The van der Waals surface area contributed by atoms with Crippen LogP contribution < -0.4 is 0 Å². The van der Waals surface area contributed by atoms with Crippen LogP contribution in [0.5, 0.6) is 0 Å². The minimum atomic E-state index is -3.55. The van der Waals surface area contributed by atoms with E-state index in [2.05, 4.69) is 26.7 Å². The topological polar surface area (TPSA) is 83.1 Å². The molecule has 0 saturated heterocycles. The van der Waals surface area contributed by atoms with Crippen molar-refractivity contribution in [2.24, 2.45) is 0 Å². The van der Waals surface area contributed by atoms with Crippen molar-refractivity contribution >= 4 is 35.7 Å². The molecular weight excluding hydrogens is 523 g/mol. The van der Waals surface area contributed by atoms with E-state index >= 15 is 0 Å². The van der Waals surface area contributed by atoms with Crippen LogP contribution in [0.1, 0.15) is 0 Å². The van der Waals surface area contributed by atoms with Gasteiger partial charge in [-0.2, -0.15) is 0 Å². The summed E-state index contributed by atoms with van der Waals surface area (Å²) in [6, 6.07) is 0. The first kappa shape index (κ1) is 31.3. The molecule has 186 valence electrons. The molecule has 0 aliphatic rings. The molecule has 0 spiro atoms. The van der Waals surface area contributed by atoms with E-state index in [1.807, 2.05) is 0 Å². The van der Waals surface area contributed by atoms with Gasteiger partial charge in [0.25, 0.3) is 0 Å². The van der Waals surface area contributed by atoms with Crippen molar-refractivity contribution in [3.8, 4) is 0 Å². The van der Waals surface area contributed by atoms with E-state index in [9.17, 15) is 0 Å². The van der Waals surface area contributed by atoms with Crippen LogP contribution in [0.25, 0.3) is 0 Å². The average Bonchev–Trinajstić information content (AvgIpc) is 2.72. The van der Waals surface area contributed by atoms with Crippen LogP contribution in [0, 0.1) is 0 Å². The van der Waals surface area contributed by atoms with Crippen LogP contribution >= 0.6 is 35.7 Å². The minimum absolute atomic E-state index is 0.0667. The van der Waals surface area contributed by atoms with Gasteiger partial charge in [-0.1, -0.05) is 0 Å². The van der Waals surface area contributed by atoms with Gasteiger partial charge in [0.05, 0.1) is 0 Å². The molecule has 29 heavy (non-hydrogen) atoms. The van der Waals surface area contributed by atoms with Crippen LogP contribution in [-0.2, 0) is 52.2 Å². The number of rotatable bonds is 15. The molecule has 0 aliphatic heterocycles. The zero-order chi connectivity index (χ0) is 23.1. The molecule has 0 aliphatic carbocycles. The normalized spacial score (nSPS) is 18.9. The molecule has 0 rings (SSSR count). The Labute approximate surface area is 182 Å². The molecule has 0 radical (unpaired) electrons. The molecule has 0 amide bonds. The second-order valence-electron chi connectivity index (χ2n) is 6.03. The second kappa shape index (κ2) is 13.3.